The van der Waals surface area contributed by atoms with Crippen LogP contribution in [-0.4, -0.2) is 24.8 Å². The van der Waals surface area contributed by atoms with Gasteiger partial charge in [0.05, 0.1) is 18.8 Å². The molecular weight excluding hydrogens is 276 g/mol. The molecule has 0 N–H and O–H groups in total. The highest BCUT2D eigenvalue weighted by molar-refractivity contribution is 5.81. The van der Waals surface area contributed by atoms with Crippen LogP contribution < -0.4 is 0 Å². The number of rotatable bonds is 10. The zero-order valence-corrected chi connectivity index (χ0v) is 15.0. The number of hydrogen-bond acceptors (Lipinski definition) is 3. The van der Waals surface area contributed by atoms with Crippen molar-refractivity contribution in [2.75, 3.05) is 6.61 Å². The van der Waals surface area contributed by atoms with Gasteiger partial charge >= 0.3 is 5.97 Å². The van der Waals surface area contributed by atoms with E-state index in [2.05, 4.69) is 52.2 Å². The first-order valence-electron chi connectivity index (χ1n) is 8.03. The van der Waals surface area contributed by atoms with E-state index in [1.807, 2.05) is 19.1 Å². The third-order valence-electron chi connectivity index (χ3n) is 3.00. The van der Waals surface area contributed by atoms with E-state index in [4.69, 9.17) is 4.74 Å². The van der Waals surface area contributed by atoms with Crippen LogP contribution in [-0.2, 0) is 14.3 Å². The second-order valence-corrected chi connectivity index (χ2v) is 5.75. The van der Waals surface area contributed by atoms with Crippen molar-refractivity contribution in [1.82, 2.24) is 0 Å². The Bertz CT molecular complexity index is 301. The Hall–Kier alpha value is -1.35. The van der Waals surface area contributed by atoms with Gasteiger partial charge in [-0.3, -0.25) is 0 Å². The van der Waals surface area contributed by atoms with Gasteiger partial charge in [-0.1, -0.05) is 59.8 Å². The van der Waals surface area contributed by atoms with Crippen LogP contribution in [0.2, 0.25) is 0 Å². The van der Waals surface area contributed by atoms with Gasteiger partial charge in [0.2, 0.25) is 0 Å². The van der Waals surface area contributed by atoms with E-state index < -0.39 is 0 Å². The van der Waals surface area contributed by atoms with Crippen LogP contribution in [0.15, 0.2) is 38.0 Å². The van der Waals surface area contributed by atoms with Crippen LogP contribution in [0, 0.1) is 11.8 Å². The predicted molar refractivity (Wildman–Crippen MR) is 94.8 cm³/mol. The zero-order chi connectivity index (χ0) is 17.5. The number of carbonyl (C=O) groups is 1. The average Bonchev–Trinajstić information content (AvgIpc) is 2.48. The number of esters is 1. The van der Waals surface area contributed by atoms with Crippen molar-refractivity contribution >= 4 is 5.97 Å². The van der Waals surface area contributed by atoms with Crippen molar-refractivity contribution in [3.8, 4) is 0 Å². The molecule has 0 saturated heterocycles. The normalized spacial score (nSPS) is 12.9. The van der Waals surface area contributed by atoms with Gasteiger partial charge in [0, 0.05) is 6.08 Å². The van der Waals surface area contributed by atoms with Crippen molar-refractivity contribution in [1.29, 1.82) is 0 Å². The van der Waals surface area contributed by atoms with Crippen LogP contribution in [0.25, 0.3) is 0 Å². The fraction of sp³-hybridized carbons (Fsp3) is 0.632. The molecular formula is C19H34O3. The van der Waals surface area contributed by atoms with Crippen LogP contribution in [0.5, 0.6) is 0 Å². The van der Waals surface area contributed by atoms with E-state index in [1.165, 1.54) is 6.08 Å². The highest BCUT2D eigenvalue weighted by Gasteiger charge is 2.16. The summed E-state index contributed by atoms with van der Waals surface area (Å²) in [4.78, 5) is 10.3. The third kappa shape index (κ3) is 12.4. The van der Waals surface area contributed by atoms with Crippen molar-refractivity contribution in [2.45, 2.75) is 59.7 Å². The minimum atomic E-state index is -0.330. The number of unbranched alkanes of at least 4 members (excludes halogenated alkanes) is 1. The van der Waals surface area contributed by atoms with Crippen LogP contribution in [0.4, 0.5) is 0 Å². The third-order valence-corrected chi connectivity index (χ3v) is 3.00. The Labute approximate surface area is 137 Å². The second-order valence-electron chi connectivity index (χ2n) is 5.75. The van der Waals surface area contributed by atoms with Crippen molar-refractivity contribution < 1.29 is 14.3 Å². The zero-order valence-electron chi connectivity index (χ0n) is 15.0. The molecule has 0 aromatic rings. The molecule has 22 heavy (non-hydrogen) atoms. The molecule has 3 nitrogen and oxygen atoms in total. The number of ether oxygens (including phenoxy) is 2. The second kappa shape index (κ2) is 14.6. The molecule has 0 rings (SSSR count). The monoisotopic (exact) mass is 310 g/mol. The highest BCUT2D eigenvalue weighted by atomic mass is 16.5. The standard InChI is InChI=1S/C12H22O.C7H12O2/c1-7-11(9(3)4)13-12(8-2)10(5)6;1-3-5-6-9-7(8)4-2/h7-12H,1-2H2,3-6H3;4H,2-3,5-6H2,1H3. The summed E-state index contributed by atoms with van der Waals surface area (Å²) < 4.78 is 10.5. The van der Waals surface area contributed by atoms with Gasteiger partial charge in [0.25, 0.3) is 0 Å². The molecule has 0 aliphatic carbocycles. The summed E-state index contributed by atoms with van der Waals surface area (Å²) in [5.74, 6) is 0.612. The first-order chi connectivity index (χ1) is 10.3. The van der Waals surface area contributed by atoms with Crippen LogP contribution >= 0.6 is 0 Å². The molecule has 2 unspecified atom stereocenters. The Morgan fingerprint density at radius 3 is 1.73 bits per heavy atom. The number of carbonyl (C=O) groups excluding carboxylic acids is 1. The Balaban J connectivity index is 0. The lowest BCUT2D eigenvalue weighted by atomic mass is 10.0. The van der Waals surface area contributed by atoms with Gasteiger partial charge in [-0.25, -0.2) is 4.79 Å². The lowest BCUT2D eigenvalue weighted by Crippen LogP contribution is -2.26. The first-order valence-corrected chi connectivity index (χ1v) is 8.03. The summed E-state index contributed by atoms with van der Waals surface area (Å²) in [6, 6.07) is 0. The molecule has 0 fully saturated rings. The summed E-state index contributed by atoms with van der Waals surface area (Å²) >= 11 is 0. The van der Waals surface area contributed by atoms with Crippen LogP contribution in [0.1, 0.15) is 47.5 Å². The molecule has 0 heterocycles. The summed E-state index contributed by atoms with van der Waals surface area (Å²) in [6.45, 7) is 21.9. The molecule has 0 spiro atoms. The van der Waals surface area contributed by atoms with Crippen molar-refractivity contribution in [2.24, 2.45) is 11.8 Å². The van der Waals surface area contributed by atoms with E-state index in [0.29, 0.717) is 18.4 Å². The summed E-state index contributed by atoms with van der Waals surface area (Å²) in [6.07, 6.45) is 7.14. The van der Waals surface area contributed by atoms with Gasteiger partial charge in [0.15, 0.2) is 0 Å². The molecule has 128 valence electrons. The lowest BCUT2D eigenvalue weighted by Gasteiger charge is -2.25. The minimum absolute atomic E-state index is 0.130. The minimum Gasteiger partial charge on any atom is -0.463 e. The fourth-order valence-corrected chi connectivity index (χ4v) is 1.53. The van der Waals surface area contributed by atoms with E-state index >= 15 is 0 Å². The molecule has 0 aromatic carbocycles. The van der Waals surface area contributed by atoms with E-state index in [1.54, 1.807) is 0 Å². The Morgan fingerprint density at radius 1 is 1.00 bits per heavy atom. The molecule has 0 bridgehead atoms. The maximum atomic E-state index is 10.3. The van der Waals surface area contributed by atoms with E-state index in [9.17, 15) is 4.79 Å². The predicted octanol–water partition coefficient (Wildman–Crippen LogP) is 4.94. The number of hydrogen-bond donors (Lipinski definition) is 0. The average molecular weight is 310 g/mol. The highest BCUT2D eigenvalue weighted by Crippen LogP contribution is 2.15. The van der Waals surface area contributed by atoms with E-state index in [-0.39, 0.29) is 18.2 Å². The van der Waals surface area contributed by atoms with E-state index in [0.717, 1.165) is 12.8 Å². The van der Waals surface area contributed by atoms with Gasteiger partial charge in [-0.2, -0.15) is 0 Å². The van der Waals surface area contributed by atoms with Crippen molar-refractivity contribution in [3.63, 3.8) is 0 Å². The maximum Gasteiger partial charge on any atom is 0.330 e. The topological polar surface area (TPSA) is 35.5 Å². The maximum absolute atomic E-state index is 10.3. The summed E-state index contributed by atoms with van der Waals surface area (Å²) in [5.41, 5.74) is 0. The van der Waals surface area contributed by atoms with Crippen LogP contribution in [0.3, 0.4) is 0 Å². The van der Waals surface area contributed by atoms with Gasteiger partial charge in [-0.15, -0.1) is 13.2 Å². The largest absolute Gasteiger partial charge is 0.463 e. The molecule has 0 radical (unpaired) electrons. The van der Waals surface area contributed by atoms with Gasteiger partial charge < -0.3 is 9.47 Å². The van der Waals surface area contributed by atoms with Crippen molar-refractivity contribution in [3.05, 3.63) is 38.0 Å². The molecule has 0 aromatic heterocycles. The molecule has 3 heteroatoms. The summed E-state index contributed by atoms with van der Waals surface area (Å²) in [5, 5.41) is 0. The smallest absolute Gasteiger partial charge is 0.330 e. The SMILES string of the molecule is C=CC(=O)OCCCC.C=CC(OC(C=C)C(C)C)C(C)C. The Kier molecular flexibility index (Phi) is 15.2. The molecule has 0 aliphatic rings. The first kappa shape index (κ1) is 22.9. The van der Waals surface area contributed by atoms with Gasteiger partial charge in [0.1, 0.15) is 0 Å². The molecule has 0 aliphatic heterocycles. The summed E-state index contributed by atoms with van der Waals surface area (Å²) in [7, 11) is 0. The lowest BCUT2D eigenvalue weighted by molar-refractivity contribution is -0.137. The molecule has 2 atom stereocenters. The quantitative estimate of drug-likeness (QED) is 0.248. The molecule has 0 amide bonds. The Morgan fingerprint density at radius 2 is 1.45 bits per heavy atom. The van der Waals surface area contributed by atoms with Gasteiger partial charge in [-0.05, 0) is 18.3 Å². The fourth-order valence-electron chi connectivity index (χ4n) is 1.53. The molecule has 0 saturated carbocycles.